The van der Waals surface area contributed by atoms with Gasteiger partial charge in [0.25, 0.3) is 5.91 Å². The van der Waals surface area contributed by atoms with Crippen molar-refractivity contribution in [3.05, 3.63) is 57.3 Å². The van der Waals surface area contributed by atoms with Crippen molar-refractivity contribution in [3.63, 3.8) is 0 Å². The molecule has 0 aliphatic carbocycles. The first-order chi connectivity index (χ1) is 9.58. The second-order valence-corrected chi connectivity index (χ2v) is 5.82. The molecule has 2 rings (SSSR count). The highest BCUT2D eigenvalue weighted by molar-refractivity contribution is 14.1. The highest BCUT2D eigenvalue weighted by atomic mass is 127. The second kappa shape index (κ2) is 6.69. The molecule has 4 nitrogen and oxygen atoms in total. The number of halogens is 1. The molecule has 0 spiro atoms. The maximum absolute atomic E-state index is 12.1. The van der Waals surface area contributed by atoms with Gasteiger partial charge in [-0.25, -0.2) is 4.98 Å². The zero-order chi connectivity index (χ0) is 14.5. The molecule has 0 fully saturated rings. The maximum atomic E-state index is 12.1. The number of nitrogens with one attached hydrogen (secondary N) is 1. The lowest BCUT2D eigenvalue weighted by Crippen LogP contribution is -2.24. The van der Waals surface area contributed by atoms with Crippen molar-refractivity contribution in [2.24, 2.45) is 0 Å². The van der Waals surface area contributed by atoms with Crippen LogP contribution in [0.25, 0.3) is 0 Å². The van der Waals surface area contributed by atoms with Gasteiger partial charge in [0.05, 0.1) is 0 Å². The fourth-order valence-corrected chi connectivity index (χ4v) is 2.21. The standard InChI is InChI=1S/C15H16IN3O/c1-19(2)14-12(4-3-9-17-14)10-18-15(20)11-5-7-13(16)8-6-11/h3-9H,10H2,1-2H3,(H,18,20). The van der Waals surface area contributed by atoms with Crippen LogP contribution < -0.4 is 10.2 Å². The van der Waals surface area contributed by atoms with Crippen molar-refractivity contribution in [2.75, 3.05) is 19.0 Å². The fraction of sp³-hybridized carbons (Fsp3) is 0.200. The molecule has 5 heteroatoms. The molecule has 1 N–H and O–H groups in total. The van der Waals surface area contributed by atoms with Gasteiger partial charge in [0, 0.05) is 41.5 Å². The molecule has 0 aliphatic rings. The monoisotopic (exact) mass is 381 g/mol. The summed E-state index contributed by atoms with van der Waals surface area (Å²) >= 11 is 2.22. The molecule has 0 aliphatic heterocycles. The molecule has 104 valence electrons. The quantitative estimate of drug-likeness (QED) is 0.829. The van der Waals surface area contributed by atoms with Gasteiger partial charge in [-0.2, -0.15) is 0 Å². The van der Waals surface area contributed by atoms with E-state index in [9.17, 15) is 4.79 Å². The lowest BCUT2D eigenvalue weighted by atomic mass is 10.2. The molecule has 0 unspecified atom stereocenters. The van der Waals surface area contributed by atoms with Crippen molar-refractivity contribution >= 4 is 34.3 Å². The molecule has 0 saturated heterocycles. The van der Waals surface area contributed by atoms with Gasteiger partial charge >= 0.3 is 0 Å². The van der Waals surface area contributed by atoms with E-state index in [0.717, 1.165) is 15.0 Å². The summed E-state index contributed by atoms with van der Waals surface area (Å²) in [6.07, 6.45) is 1.75. The minimum absolute atomic E-state index is 0.0741. The van der Waals surface area contributed by atoms with Crippen LogP contribution in [0.1, 0.15) is 15.9 Å². The number of amides is 1. The lowest BCUT2D eigenvalue weighted by molar-refractivity contribution is 0.0951. The number of nitrogens with zero attached hydrogens (tertiary/aromatic N) is 2. The largest absolute Gasteiger partial charge is 0.362 e. The molecular formula is C15H16IN3O. The summed E-state index contributed by atoms with van der Waals surface area (Å²) in [5.74, 6) is 0.797. The van der Waals surface area contributed by atoms with E-state index < -0.39 is 0 Å². The van der Waals surface area contributed by atoms with Crippen LogP contribution in [0.4, 0.5) is 5.82 Å². The second-order valence-electron chi connectivity index (χ2n) is 4.57. The van der Waals surface area contributed by atoms with Crippen LogP contribution in [0.2, 0.25) is 0 Å². The Morgan fingerprint density at radius 3 is 2.60 bits per heavy atom. The Morgan fingerprint density at radius 1 is 1.25 bits per heavy atom. The average molecular weight is 381 g/mol. The van der Waals surface area contributed by atoms with E-state index in [1.54, 1.807) is 6.20 Å². The van der Waals surface area contributed by atoms with Crippen molar-refractivity contribution in [1.82, 2.24) is 10.3 Å². The van der Waals surface area contributed by atoms with Gasteiger partial charge in [-0.3, -0.25) is 4.79 Å². The van der Waals surface area contributed by atoms with E-state index >= 15 is 0 Å². The number of hydrogen-bond donors (Lipinski definition) is 1. The normalized spacial score (nSPS) is 10.2. The predicted molar refractivity (Wildman–Crippen MR) is 88.9 cm³/mol. The third-order valence-electron chi connectivity index (χ3n) is 2.84. The zero-order valence-corrected chi connectivity index (χ0v) is 13.6. The van der Waals surface area contributed by atoms with Crippen LogP contribution in [-0.4, -0.2) is 25.0 Å². The van der Waals surface area contributed by atoms with Crippen molar-refractivity contribution < 1.29 is 4.79 Å². The summed E-state index contributed by atoms with van der Waals surface area (Å²) in [5, 5.41) is 2.92. The van der Waals surface area contributed by atoms with Crippen LogP contribution in [-0.2, 0) is 6.54 Å². The summed E-state index contributed by atoms with van der Waals surface area (Å²) in [5.41, 5.74) is 1.66. The topological polar surface area (TPSA) is 45.2 Å². The van der Waals surface area contributed by atoms with E-state index in [2.05, 4.69) is 32.9 Å². The minimum atomic E-state index is -0.0741. The summed E-state index contributed by atoms with van der Waals surface area (Å²) in [6, 6.07) is 11.3. The lowest BCUT2D eigenvalue weighted by Gasteiger charge is -2.16. The molecule has 0 bridgehead atoms. The summed E-state index contributed by atoms with van der Waals surface area (Å²) in [4.78, 5) is 18.3. The van der Waals surface area contributed by atoms with Gasteiger partial charge in [0.1, 0.15) is 5.82 Å². The van der Waals surface area contributed by atoms with Gasteiger partial charge in [-0.05, 0) is 52.9 Å². The Kier molecular flexibility index (Phi) is 4.94. The first-order valence-electron chi connectivity index (χ1n) is 6.23. The number of carbonyl (C=O) groups excluding carboxylic acids is 1. The highest BCUT2D eigenvalue weighted by Gasteiger charge is 2.08. The number of carbonyl (C=O) groups is 1. The average Bonchev–Trinajstić information content (AvgIpc) is 2.45. The van der Waals surface area contributed by atoms with Crippen LogP contribution in [0.15, 0.2) is 42.6 Å². The van der Waals surface area contributed by atoms with Crippen LogP contribution in [0, 0.1) is 3.57 Å². The summed E-state index contributed by atoms with van der Waals surface area (Å²) < 4.78 is 1.11. The first kappa shape index (κ1) is 14.8. The molecule has 1 amide bonds. The maximum Gasteiger partial charge on any atom is 0.251 e. The Morgan fingerprint density at radius 2 is 1.95 bits per heavy atom. The first-order valence-corrected chi connectivity index (χ1v) is 7.31. The molecule has 1 aromatic carbocycles. The minimum Gasteiger partial charge on any atom is -0.362 e. The Labute approximate surface area is 132 Å². The molecule has 0 saturated carbocycles. The van der Waals surface area contributed by atoms with E-state index in [0.29, 0.717) is 12.1 Å². The summed E-state index contributed by atoms with van der Waals surface area (Å²) in [6.45, 7) is 0.464. The van der Waals surface area contributed by atoms with Crippen molar-refractivity contribution in [2.45, 2.75) is 6.54 Å². The van der Waals surface area contributed by atoms with Gasteiger partial charge in [0.15, 0.2) is 0 Å². The van der Waals surface area contributed by atoms with Crippen LogP contribution in [0.5, 0.6) is 0 Å². The van der Waals surface area contributed by atoms with Crippen LogP contribution >= 0.6 is 22.6 Å². The van der Waals surface area contributed by atoms with Crippen LogP contribution in [0.3, 0.4) is 0 Å². The zero-order valence-electron chi connectivity index (χ0n) is 11.4. The molecule has 1 aromatic heterocycles. The Balaban J connectivity index is 2.05. The van der Waals surface area contributed by atoms with E-state index in [1.165, 1.54) is 0 Å². The number of anilines is 1. The number of hydrogen-bond acceptors (Lipinski definition) is 3. The van der Waals surface area contributed by atoms with Gasteiger partial charge in [-0.15, -0.1) is 0 Å². The van der Waals surface area contributed by atoms with Gasteiger partial charge in [-0.1, -0.05) is 6.07 Å². The number of pyridine rings is 1. The summed E-state index contributed by atoms with van der Waals surface area (Å²) in [7, 11) is 3.87. The van der Waals surface area contributed by atoms with E-state index in [1.807, 2.05) is 55.4 Å². The third-order valence-corrected chi connectivity index (χ3v) is 3.56. The van der Waals surface area contributed by atoms with Gasteiger partial charge < -0.3 is 10.2 Å². The Bertz CT molecular complexity index is 596. The SMILES string of the molecule is CN(C)c1ncccc1CNC(=O)c1ccc(I)cc1. The molecule has 2 aromatic rings. The molecule has 0 radical (unpaired) electrons. The molecule has 1 heterocycles. The molecule has 0 atom stereocenters. The fourth-order valence-electron chi connectivity index (χ4n) is 1.85. The molecular weight excluding hydrogens is 365 g/mol. The third kappa shape index (κ3) is 3.69. The Hall–Kier alpha value is -1.63. The smallest absolute Gasteiger partial charge is 0.251 e. The predicted octanol–water partition coefficient (Wildman–Crippen LogP) is 2.68. The van der Waals surface area contributed by atoms with E-state index in [-0.39, 0.29) is 5.91 Å². The van der Waals surface area contributed by atoms with Crippen molar-refractivity contribution in [3.8, 4) is 0 Å². The highest BCUT2D eigenvalue weighted by Crippen LogP contribution is 2.14. The molecule has 20 heavy (non-hydrogen) atoms. The number of rotatable bonds is 4. The van der Waals surface area contributed by atoms with E-state index in [4.69, 9.17) is 0 Å². The number of benzene rings is 1. The number of aromatic nitrogens is 1. The van der Waals surface area contributed by atoms with Gasteiger partial charge in [0.2, 0.25) is 0 Å². The van der Waals surface area contributed by atoms with Crippen molar-refractivity contribution in [1.29, 1.82) is 0 Å².